The summed E-state index contributed by atoms with van der Waals surface area (Å²) in [5.74, 6) is -0.540. The number of hydrogen-bond donors (Lipinski definition) is 2. The second kappa shape index (κ2) is 13.0. The number of amides is 3. The molecule has 0 spiro atoms. The van der Waals surface area contributed by atoms with Gasteiger partial charge in [-0.05, 0) is 93.5 Å². The quantitative estimate of drug-likeness (QED) is 0.305. The minimum atomic E-state index is -0.904. The number of hydrogen-bond acceptors (Lipinski definition) is 4. The Kier molecular flexibility index (Phi) is 9.96. The summed E-state index contributed by atoms with van der Waals surface area (Å²) in [5.41, 5.74) is 2.76. The Morgan fingerprint density at radius 3 is 2.17 bits per heavy atom. The van der Waals surface area contributed by atoms with Gasteiger partial charge in [0.1, 0.15) is 17.7 Å². The fourth-order valence-electron chi connectivity index (χ4n) is 4.69. The first-order chi connectivity index (χ1) is 18.8. The van der Waals surface area contributed by atoms with Gasteiger partial charge in [0.15, 0.2) is 0 Å². The van der Waals surface area contributed by atoms with Crippen LogP contribution < -0.4 is 10.6 Å². The maximum atomic E-state index is 14.1. The third-order valence-electron chi connectivity index (χ3n) is 6.74. The summed E-state index contributed by atoms with van der Waals surface area (Å²) in [6, 6.07) is 17.7. The van der Waals surface area contributed by atoms with Crippen molar-refractivity contribution < 1.29 is 19.1 Å². The van der Waals surface area contributed by atoms with Gasteiger partial charge in [-0.1, -0.05) is 62.4 Å². The molecule has 40 heavy (non-hydrogen) atoms. The molecular formula is C33H43N3O4. The Labute approximate surface area is 238 Å². The maximum Gasteiger partial charge on any atom is 0.408 e. The Bertz CT molecular complexity index is 1360. The molecule has 0 aliphatic carbocycles. The number of carbonyl (C=O) groups is 3. The van der Waals surface area contributed by atoms with E-state index in [1.807, 2.05) is 95.3 Å². The molecule has 0 fully saturated rings. The first-order valence-electron chi connectivity index (χ1n) is 14.0. The van der Waals surface area contributed by atoms with E-state index in [1.54, 1.807) is 25.7 Å². The highest BCUT2D eigenvalue weighted by Crippen LogP contribution is 2.28. The van der Waals surface area contributed by atoms with Gasteiger partial charge in [0.05, 0.1) is 0 Å². The Morgan fingerprint density at radius 2 is 1.57 bits per heavy atom. The molecule has 2 unspecified atom stereocenters. The van der Waals surface area contributed by atoms with Crippen LogP contribution in [0.1, 0.15) is 70.7 Å². The minimum absolute atomic E-state index is 0.120. The predicted molar refractivity (Wildman–Crippen MR) is 161 cm³/mol. The molecule has 2 atom stereocenters. The van der Waals surface area contributed by atoms with Crippen LogP contribution in [0.3, 0.4) is 0 Å². The predicted octanol–water partition coefficient (Wildman–Crippen LogP) is 6.92. The number of nitrogens with zero attached hydrogens (tertiary/aromatic N) is 1. The van der Waals surface area contributed by atoms with Gasteiger partial charge in [-0.25, -0.2) is 4.79 Å². The van der Waals surface area contributed by atoms with Crippen molar-refractivity contribution >= 4 is 34.4 Å². The van der Waals surface area contributed by atoms with Crippen LogP contribution in [0.2, 0.25) is 0 Å². The summed E-state index contributed by atoms with van der Waals surface area (Å²) >= 11 is 0. The molecule has 0 saturated carbocycles. The number of benzene rings is 3. The number of anilines is 1. The number of carbonyl (C=O) groups excluding carboxylic acids is 3. The number of alkyl carbamates (subject to hydrolysis) is 1. The van der Waals surface area contributed by atoms with Crippen LogP contribution in [-0.2, 0) is 14.3 Å². The lowest BCUT2D eigenvalue weighted by Gasteiger charge is -2.34. The summed E-state index contributed by atoms with van der Waals surface area (Å²) in [7, 11) is 0. The van der Waals surface area contributed by atoms with E-state index < -0.39 is 23.8 Å². The molecule has 3 amide bonds. The number of fused-ring (bicyclic) bond motifs is 1. The van der Waals surface area contributed by atoms with Gasteiger partial charge in [-0.2, -0.15) is 0 Å². The van der Waals surface area contributed by atoms with Crippen molar-refractivity contribution in [3.63, 3.8) is 0 Å². The highest BCUT2D eigenvalue weighted by atomic mass is 16.6. The Morgan fingerprint density at radius 1 is 0.900 bits per heavy atom. The van der Waals surface area contributed by atoms with Gasteiger partial charge in [0, 0.05) is 12.2 Å². The lowest BCUT2D eigenvalue weighted by molar-refractivity contribution is -0.140. The normalized spacial score (nSPS) is 13.0. The third kappa shape index (κ3) is 8.07. The van der Waals surface area contributed by atoms with Crippen LogP contribution in [-0.4, -0.2) is 41.0 Å². The standard InChI is InChI=1S/C33H43N3O4/c1-9-36(31(38)28(18-21(2)3)35-32(39)40-33(6,7)8)29(26-15-14-22(4)23(5)19-26)30(37)34-27-17-16-24-12-10-11-13-25(24)20-27/h10-17,19-21,28-29H,9,18H2,1-8H3,(H,34,37)(H,35,39). The fourth-order valence-corrected chi connectivity index (χ4v) is 4.69. The summed E-state index contributed by atoms with van der Waals surface area (Å²) in [4.78, 5) is 42.3. The Hall–Kier alpha value is -3.87. The first-order valence-corrected chi connectivity index (χ1v) is 14.0. The van der Waals surface area contributed by atoms with Gasteiger partial charge in [-0.15, -0.1) is 0 Å². The molecular weight excluding hydrogens is 502 g/mol. The van der Waals surface area contributed by atoms with Crippen molar-refractivity contribution in [2.45, 2.75) is 79.5 Å². The molecule has 0 aliphatic rings. The summed E-state index contributed by atoms with van der Waals surface area (Å²) in [6.07, 6.45) is -0.258. The number of ether oxygens (including phenoxy) is 1. The van der Waals surface area contributed by atoms with Crippen LogP contribution >= 0.6 is 0 Å². The van der Waals surface area contributed by atoms with E-state index in [9.17, 15) is 14.4 Å². The molecule has 0 heterocycles. The van der Waals surface area contributed by atoms with Gasteiger partial charge in [0.25, 0.3) is 5.91 Å². The monoisotopic (exact) mass is 545 g/mol. The summed E-state index contributed by atoms with van der Waals surface area (Å²) in [6.45, 7) is 15.4. The average molecular weight is 546 g/mol. The second-order valence-corrected chi connectivity index (χ2v) is 11.8. The van der Waals surface area contributed by atoms with Crippen molar-refractivity contribution in [3.8, 4) is 0 Å². The molecule has 0 aliphatic heterocycles. The van der Waals surface area contributed by atoms with Crippen molar-refractivity contribution in [1.29, 1.82) is 0 Å². The van der Waals surface area contributed by atoms with E-state index in [1.165, 1.54) is 0 Å². The zero-order chi connectivity index (χ0) is 29.6. The average Bonchev–Trinajstić information content (AvgIpc) is 2.86. The molecule has 0 saturated heterocycles. The van der Waals surface area contributed by atoms with Gasteiger partial charge < -0.3 is 20.3 Å². The highest BCUT2D eigenvalue weighted by Gasteiger charge is 2.36. The molecule has 0 radical (unpaired) electrons. The van der Waals surface area contributed by atoms with E-state index in [2.05, 4.69) is 10.6 Å². The lowest BCUT2D eigenvalue weighted by Crippen LogP contribution is -2.52. The van der Waals surface area contributed by atoms with E-state index in [0.29, 0.717) is 17.7 Å². The van der Waals surface area contributed by atoms with E-state index in [-0.39, 0.29) is 24.3 Å². The zero-order valence-corrected chi connectivity index (χ0v) is 25.0. The van der Waals surface area contributed by atoms with Crippen molar-refractivity contribution in [3.05, 3.63) is 77.4 Å². The van der Waals surface area contributed by atoms with Crippen LogP contribution in [0.15, 0.2) is 60.7 Å². The van der Waals surface area contributed by atoms with Crippen LogP contribution in [0.25, 0.3) is 10.8 Å². The summed E-state index contributed by atoms with van der Waals surface area (Å²) < 4.78 is 5.45. The molecule has 0 aromatic heterocycles. The molecule has 7 nitrogen and oxygen atoms in total. The largest absolute Gasteiger partial charge is 0.444 e. The number of nitrogens with one attached hydrogen (secondary N) is 2. The lowest BCUT2D eigenvalue weighted by atomic mass is 9.97. The fraction of sp³-hybridized carbons (Fsp3) is 0.424. The third-order valence-corrected chi connectivity index (χ3v) is 6.74. The number of likely N-dealkylation sites (N-methyl/N-ethyl adjacent to an activating group) is 1. The molecule has 3 aromatic rings. The minimum Gasteiger partial charge on any atom is -0.444 e. The topological polar surface area (TPSA) is 87.7 Å². The van der Waals surface area contributed by atoms with Gasteiger partial charge >= 0.3 is 6.09 Å². The van der Waals surface area contributed by atoms with Crippen LogP contribution in [0.5, 0.6) is 0 Å². The van der Waals surface area contributed by atoms with Crippen LogP contribution in [0, 0.1) is 19.8 Å². The molecule has 3 aromatic carbocycles. The smallest absolute Gasteiger partial charge is 0.408 e. The van der Waals surface area contributed by atoms with Crippen molar-refractivity contribution in [2.75, 3.05) is 11.9 Å². The molecule has 3 rings (SSSR count). The Balaban J connectivity index is 1.99. The van der Waals surface area contributed by atoms with Crippen molar-refractivity contribution in [1.82, 2.24) is 10.2 Å². The van der Waals surface area contributed by atoms with E-state index >= 15 is 0 Å². The van der Waals surface area contributed by atoms with E-state index in [0.717, 1.165) is 21.9 Å². The molecule has 0 bridgehead atoms. The molecule has 7 heteroatoms. The van der Waals surface area contributed by atoms with E-state index in [4.69, 9.17) is 4.74 Å². The first kappa shape index (κ1) is 30.7. The molecule has 214 valence electrons. The molecule has 2 N–H and O–H groups in total. The summed E-state index contributed by atoms with van der Waals surface area (Å²) in [5, 5.41) is 7.89. The van der Waals surface area contributed by atoms with Gasteiger partial charge in [0.2, 0.25) is 5.91 Å². The van der Waals surface area contributed by atoms with Crippen molar-refractivity contribution in [2.24, 2.45) is 5.92 Å². The highest BCUT2D eigenvalue weighted by molar-refractivity contribution is 6.00. The SMILES string of the molecule is CCN(C(=O)C(CC(C)C)NC(=O)OC(C)(C)C)C(C(=O)Nc1ccc2ccccc2c1)c1ccc(C)c(C)c1. The maximum absolute atomic E-state index is 14.1. The van der Waals surface area contributed by atoms with Gasteiger partial charge in [-0.3, -0.25) is 9.59 Å². The second-order valence-electron chi connectivity index (χ2n) is 11.8. The van der Waals surface area contributed by atoms with Crippen LogP contribution in [0.4, 0.5) is 10.5 Å². The number of aryl methyl sites for hydroxylation is 2. The zero-order valence-electron chi connectivity index (χ0n) is 25.0. The number of rotatable bonds is 9.